The summed E-state index contributed by atoms with van der Waals surface area (Å²) in [6.45, 7) is 2.00. The van der Waals surface area contributed by atoms with Crippen molar-refractivity contribution in [1.29, 1.82) is 0 Å². The minimum Gasteiger partial charge on any atom is -0.508 e. The van der Waals surface area contributed by atoms with E-state index >= 15 is 0 Å². The molecule has 3 aromatic rings. The van der Waals surface area contributed by atoms with Gasteiger partial charge in [0.1, 0.15) is 11.6 Å². The quantitative estimate of drug-likeness (QED) is 0.526. The van der Waals surface area contributed by atoms with E-state index in [1.165, 1.54) is 12.1 Å². The van der Waals surface area contributed by atoms with Crippen molar-refractivity contribution in [3.8, 4) is 5.75 Å². The largest absolute Gasteiger partial charge is 0.508 e. The standard InChI is InChI=1S/C25H25FN2O3/c1-16-2-4-17(5-3-16)23(30)15-14-22-24(18-6-12-21(29)13-7-18)28(25(31)27-22)20-10-8-19(26)9-11-20/h2-13,22-24,29-30H,14-15H2,1H3,(H,27,31). The number of anilines is 1. The minimum atomic E-state index is -0.641. The molecule has 0 saturated carbocycles. The fraction of sp³-hybridized carbons (Fsp3) is 0.240. The molecule has 1 fully saturated rings. The van der Waals surface area contributed by atoms with Gasteiger partial charge in [0.2, 0.25) is 0 Å². The number of nitrogens with one attached hydrogen (secondary N) is 1. The number of amides is 2. The molecule has 1 saturated heterocycles. The number of benzene rings is 3. The van der Waals surface area contributed by atoms with Crippen molar-refractivity contribution >= 4 is 11.7 Å². The van der Waals surface area contributed by atoms with Crippen LogP contribution >= 0.6 is 0 Å². The summed E-state index contributed by atoms with van der Waals surface area (Å²) in [5.41, 5.74) is 3.39. The number of carbonyl (C=O) groups is 1. The van der Waals surface area contributed by atoms with Gasteiger partial charge in [0.05, 0.1) is 18.2 Å². The Labute approximate surface area is 180 Å². The van der Waals surface area contributed by atoms with Crippen LogP contribution in [0, 0.1) is 12.7 Å². The first-order valence-corrected chi connectivity index (χ1v) is 10.3. The topological polar surface area (TPSA) is 72.8 Å². The smallest absolute Gasteiger partial charge is 0.322 e. The van der Waals surface area contributed by atoms with Gasteiger partial charge >= 0.3 is 6.03 Å². The van der Waals surface area contributed by atoms with Gasteiger partial charge in [0.25, 0.3) is 0 Å². The molecule has 1 aliphatic rings. The predicted octanol–water partition coefficient (Wildman–Crippen LogP) is 4.99. The lowest BCUT2D eigenvalue weighted by molar-refractivity contribution is 0.159. The molecule has 160 valence electrons. The molecule has 2 amide bonds. The van der Waals surface area contributed by atoms with Crippen LogP contribution < -0.4 is 10.2 Å². The van der Waals surface area contributed by atoms with Gasteiger partial charge in [0.15, 0.2) is 0 Å². The van der Waals surface area contributed by atoms with E-state index < -0.39 is 6.10 Å². The summed E-state index contributed by atoms with van der Waals surface area (Å²) in [6, 6.07) is 19.4. The van der Waals surface area contributed by atoms with Crippen molar-refractivity contribution in [2.24, 2.45) is 0 Å². The number of hydrogen-bond donors (Lipinski definition) is 3. The maximum atomic E-state index is 13.4. The number of phenols is 1. The van der Waals surface area contributed by atoms with Gasteiger partial charge in [0, 0.05) is 5.69 Å². The maximum absolute atomic E-state index is 13.4. The number of aliphatic hydroxyl groups is 1. The van der Waals surface area contributed by atoms with E-state index in [2.05, 4.69) is 5.32 Å². The Bertz CT molecular complexity index is 1040. The maximum Gasteiger partial charge on any atom is 0.322 e. The van der Waals surface area contributed by atoms with E-state index in [0.29, 0.717) is 18.5 Å². The van der Waals surface area contributed by atoms with Crippen LogP contribution in [0.15, 0.2) is 72.8 Å². The first-order chi connectivity index (χ1) is 14.9. The zero-order valence-corrected chi connectivity index (χ0v) is 17.2. The number of halogens is 1. The van der Waals surface area contributed by atoms with Gasteiger partial charge in [-0.15, -0.1) is 0 Å². The summed E-state index contributed by atoms with van der Waals surface area (Å²) in [5, 5.41) is 23.3. The zero-order valence-electron chi connectivity index (χ0n) is 17.2. The molecule has 4 rings (SSSR count). The lowest BCUT2D eigenvalue weighted by Gasteiger charge is -2.27. The van der Waals surface area contributed by atoms with E-state index in [1.54, 1.807) is 41.3 Å². The molecule has 3 N–H and O–H groups in total. The molecule has 3 aromatic carbocycles. The summed E-state index contributed by atoms with van der Waals surface area (Å²) in [5.74, 6) is -0.233. The van der Waals surface area contributed by atoms with Crippen molar-refractivity contribution in [3.05, 3.63) is 95.3 Å². The summed E-state index contributed by atoms with van der Waals surface area (Å²) in [6.07, 6.45) is 0.377. The van der Waals surface area contributed by atoms with Gasteiger partial charge in [-0.1, -0.05) is 42.0 Å². The first kappa shape index (κ1) is 20.9. The van der Waals surface area contributed by atoms with Crippen molar-refractivity contribution in [2.75, 3.05) is 4.90 Å². The Balaban J connectivity index is 1.59. The van der Waals surface area contributed by atoms with E-state index in [-0.39, 0.29) is 29.7 Å². The van der Waals surface area contributed by atoms with E-state index in [9.17, 15) is 19.4 Å². The summed E-state index contributed by atoms with van der Waals surface area (Å²) in [4.78, 5) is 14.5. The number of hydrogen-bond acceptors (Lipinski definition) is 3. The third kappa shape index (κ3) is 4.54. The molecule has 1 heterocycles. The highest BCUT2D eigenvalue weighted by atomic mass is 19.1. The molecule has 0 spiro atoms. The van der Waals surface area contributed by atoms with Gasteiger partial charge < -0.3 is 15.5 Å². The molecule has 1 aliphatic heterocycles. The predicted molar refractivity (Wildman–Crippen MR) is 117 cm³/mol. The Morgan fingerprint density at radius 2 is 1.65 bits per heavy atom. The second kappa shape index (κ2) is 8.78. The fourth-order valence-electron chi connectivity index (χ4n) is 4.07. The van der Waals surface area contributed by atoms with E-state index in [4.69, 9.17) is 0 Å². The van der Waals surface area contributed by atoms with Crippen molar-refractivity contribution < 1.29 is 19.4 Å². The zero-order chi connectivity index (χ0) is 22.0. The summed E-state index contributed by atoms with van der Waals surface area (Å²) >= 11 is 0. The Morgan fingerprint density at radius 3 is 2.29 bits per heavy atom. The molecule has 3 atom stereocenters. The lowest BCUT2D eigenvalue weighted by Crippen LogP contribution is -2.29. The first-order valence-electron chi connectivity index (χ1n) is 10.3. The second-order valence-corrected chi connectivity index (χ2v) is 7.94. The molecule has 3 unspecified atom stereocenters. The van der Waals surface area contributed by atoms with Crippen molar-refractivity contribution in [1.82, 2.24) is 5.32 Å². The number of carbonyl (C=O) groups excluding carboxylic acids is 1. The third-order valence-corrected chi connectivity index (χ3v) is 5.74. The highest BCUT2D eigenvalue weighted by Gasteiger charge is 2.41. The van der Waals surface area contributed by atoms with Crippen LogP contribution in [-0.4, -0.2) is 22.3 Å². The van der Waals surface area contributed by atoms with Crippen molar-refractivity contribution in [3.63, 3.8) is 0 Å². The Morgan fingerprint density at radius 1 is 1.00 bits per heavy atom. The highest BCUT2D eigenvalue weighted by Crippen LogP contribution is 2.37. The van der Waals surface area contributed by atoms with Gasteiger partial charge in [-0.3, -0.25) is 4.90 Å². The van der Waals surface area contributed by atoms with Gasteiger partial charge in [-0.25, -0.2) is 9.18 Å². The average molecular weight is 420 g/mol. The SMILES string of the molecule is Cc1ccc(C(O)CCC2NC(=O)N(c3ccc(F)cc3)C2c2ccc(O)cc2)cc1. The van der Waals surface area contributed by atoms with Crippen LogP contribution in [0.25, 0.3) is 0 Å². The highest BCUT2D eigenvalue weighted by molar-refractivity contribution is 5.95. The third-order valence-electron chi connectivity index (χ3n) is 5.74. The number of phenolic OH excluding ortho intramolecular Hbond substituents is 1. The number of urea groups is 1. The lowest BCUT2D eigenvalue weighted by atomic mass is 9.93. The van der Waals surface area contributed by atoms with Crippen LogP contribution in [-0.2, 0) is 0 Å². The van der Waals surface area contributed by atoms with Crippen LogP contribution in [0.1, 0.15) is 41.7 Å². The average Bonchev–Trinajstić information content (AvgIpc) is 3.09. The van der Waals surface area contributed by atoms with E-state index in [0.717, 1.165) is 16.7 Å². The molecule has 0 bridgehead atoms. The Hall–Kier alpha value is -3.38. The molecular weight excluding hydrogens is 395 g/mol. The van der Waals surface area contributed by atoms with Crippen molar-refractivity contribution in [2.45, 2.75) is 38.0 Å². The van der Waals surface area contributed by atoms with Crippen LogP contribution in [0.4, 0.5) is 14.9 Å². The number of aromatic hydroxyl groups is 1. The van der Waals surface area contributed by atoms with Crippen LogP contribution in [0.5, 0.6) is 5.75 Å². The number of aryl methyl sites for hydroxylation is 1. The monoisotopic (exact) mass is 420 g/mol. The molecule has 0 aliphatic carbocycles. The fourth-order valence-corrected chi connectivity index (χ4v) is 4.07. The molecule has 0 aromatic heterocycles. The van der Waals surface area contributed by atoms with Crippen LogP contribution in [0.3, 0.4) is 0 Å². The molecule has 0 radical (unpaired) electrons. The van der Waals surface area contributed by atoms with Gasteiger partial charge in [-0.2, -0.15) is 0 Å². The van der Waals surface area contributed by atoms with Crippen LogP contribution in [0.2, 0.25) is 0 Å². The second-order valence-electron chi connectivity index (χ2n) is 7.94. The normalized spacial score (nSPS) is 19.3. The number of nitrogens with zero attached hydrogens (tertiary/aromatic N) is 1. The summed E-state index contributed by atoms with van der Waals surface area (Å²) < 4.78 is 13.4. The Kier molecular flexibility index (Phi) is 5.91. The minimum absolute atomic E-state index is 0.140. The summed E-state index contributed by atoms with van der Waals surface area (Å²) in [7, 11) is 0. The number of rotatable bonds is 6. The molecule has 5 nitrogen and oxygen atoms in total. The molecule has 6 heteroatoms. The molecular formula is C25H25FN2O3. The van der Waals surface area contributed by atoms with E-state index in [1.807, 2.05) is 31.2 Å². The van der Waals surface area contributed by atoms with Gasteiger partial charge in [-0.05, 0) is 67.3 Å². The molecule has 31 heavy (non-hydrogen) atoms. The number of aliphatic hydroxyl groups excluding tert-OH is 1.